The summed E-state index contributed by atoms with van der Waals surface area (Å²) in [5, 5.41) is 0. The molecular formula is C16H25N. The lowest BCUT2D eigenvalue weighted by atomic mass is 10.1. The molecule has 0 spiro atoms. The van der Waals surface area contributed by atoms with E-state index in [9.17, 15) is 0 Å². The maximum atomic E-state index is 4.34. The highest BCUT2D eigenvalue weighted by Crippen LogP contribution is 2.10. The van der Waals surface area contributed by atoms with Crippen LogP contribution in [0.5, 0.6) is 0 Å². The number of unbranched alkanes of at least 4 members (excludes halogenated alkanes) is 7. The van der Waals surface area contributed by atoms with Crippen LogP contribution in [0.15, 0.2) is 37.1 Å². The quantitative estimate of drug-likeness (QED) is 0.411. The minimum atomic E-state index is 1.14. The van der Waals surface area contributed by atoms with Crippen molar-refractivity contribution in [3.63, 3.8) is 0 Å². The molecule has 0 fully saturated rings. The lowest BCUT2D eigenvalue weighted by molar-refractivity contribution is 0.579. The van der Waals surface area contributed by atoms with Gasteiger partial charge in [-0.25, -0.2) is 0 Å². The smallest absolute Gasteiger partial charge is 0.0403 e. The normalized spacial score (nSPS) is 10.4. The second-order valence-corrected chi connectivity index (χ2v) is 4.62. The third-order valence-electron chi connectivity index (χ3n) is 3.07. The Morgan fingerprint density at radius 3 is 2.29 bits per heavy atom. The highest BCUT2D eigenvalue weighted by molar-refractivity contribution is 5.03. The van der Waals surface area contributed by atoms with Crippen LogP contribution in [0.3, 0.4) is 0 Å². The topological polar surface area (TPSA) is 12.9 Å². The molecule has 1 aromatic rings. The Kier molecular flexibility index (Phi) is 8.27. The number of rotatable bonds is 10. The first-order valence-corrected chi connectivity index (χ1v) is 6.94. The number of pyridine rings is 1. The molecule has 0 saturated carbocycles. The number of nitrogens with zero attached hydrogens (tertiary/aromatic N) is 1. The molecule has 1 heterocycles. The molecule has 1 rings (SSSR count). The third kappa shape index (κ3) is 7.73. The Hall–Kier alpha value is -1.11. The zero-order valence-corrected chi connectivity index (χ0v) is 10.9. The van der Waals surface area contributed by atoms with Crippen molar-refractivity contribution < 1.29 is 0 Å². The highest BCUT2D eigenvalue weighted by Gasteiger charge is 1.94. The van der Waals surface area contributed by atoms with E-state index in [4.69, 9.17) is 0 Å². The average molecular weight is 231 g/mol. The highest BCUT2D eigenvalue weighted by atomic mass is 14.7. The molecule has 0 saturated heterocycles. The van der Waals surface area contributed by atoms with Crippen molar-refractivity contribution in [3.8, 4) is 0 Å². The van der Waals surface area contributed by atoms with Gasteiger partial charge in [-0.15, -0.1) is 6.58 Å². The van der Waals surface area contributed by atoms with Crippen LogP contribution in [0.4, 0.5) is 0 Å². The van der Waals surface area contributed by atoms with Crippen LogP contribution in [-0.2, 0) is 6.42 Å². The number of aryl methyl sites for hydroxylation is 1. The van der Waals surface area contributed by atoms with Gasteiger partial charge in [0.2, 0.25) is 0 Å². The summed E-state index contributed by atoms with van der Waals surface area (Å²) in [6.07, 6.45) is 15.7. The van der Waals surface area contributed by atoms with E-state index in [0.29, 0.717) is 0 Å². The number of hydrogen-bond donors (Lipinski definition) is 0. The molecule has 0 aliphatic carbocycles. The van der Waals surface area contributed by atoms with Gasteiger partial charge in [-0.2, -0.15) is 0 Å². The Morgan fingerprint density at radius 1 is 0.941 bits per heavy atom. The van der Waals surface area contributed by atoms with Gasteiger partial charge in [0.25, 0.3) is 0 Å². The molecule has 1 nitrogen and oxygen atoms in total. The van der Waals surface area contributed by atoms with Crippen molar-refractivity contribution in [1.82, 2.24) is 4.98 Å². The Balaban J connectivity index is 1.86. The molecule has 0 aliphatic rings. The fourth-order valence-electron chi connectivity index (χ4n) is 2.02. The molecule has 0 bridgehead atoms. The first-order chi connectivity index (χ1) is 8.43. The SMILES string of the molecule is C=CCCCCCCCCCc1ccccn1. The van der Waals surface area contributed by atoms with Gasteiger partial charge in [0.15, 0.2) is 0 Å². The van der Waals surface area contributed by atoms with Crippen molar-refractivity contribution >= 4 is 0 Å². The molecule has 0 atom stereocenters. The van der Waals surface area contributed by atoms with Gasteiger partial charge in [0.1, 0.15) is 0 Å². The van der Waals surface area contributed by atoms with Gasteiger partial charge in [0.05, 0.1) is 0 Å². The predicted molar refractivity (Wildman–Crippen MR) is 75.1 cm³/mol. The van der Waals surface area contributed by atoms with E-state index in [1.54, 1.807) is 0 Å². The lowest BCUT2D eigenvalue weighted by Crippen LogP contribution is -1.89. The van der Waals surface area contributed by atoms with E-state index < -0.39 is 0 Å². The first-order valence-electron chi connectivity index (χ1n) is 6.94. The van der Waals surface area contributed by atoms with E-state index >= 15 is 0 Å². The van der Waals surface area contributed by atoms with Crippen LogP contribution in [0.2, 0.25) is 0 Å². The van der Waals surface area contributed by atoms with Crippen LogP contribution >= 0.6 is 0 Å². The summed E-state index contributed by atoms with van der Waals surface area (Å²) in [7, 11) is 0. The fourth-order valence-corrected chi connectivity index (χ4v) is 2.02. The number of allylic oxidation sites excluding steroid dienone is 1. The molecular weight excluding hydrogens is 206 g/mol. The van der Waals surface area contributed by atoms with Gasteiger partial charge < -0.3 is 0 Å². The summed E-state index contributed by atoms with van der Waals surface area (Å²) in [4.78, 5) is 4.34. The van der Waals surface area contributed by atoms with Crippen LogP contribution < -0.4 is 0 Å². The molecule has 17 heavy (non-hydrogen) atoms. The monoisotopic (exact) mass is 231 g/mol. The standard InChI is InChI=1S/C16H25N/c1-2-3-4-5-6-7-8-9-10-13-16-14-11-12-15-17-16/h2,11-12,14-15H,1,3-10,13H2. The average Bonchev–Trinajstić information content (AvgIpc) is 2.38. The number of aromatic nitrogens is 1. The van der Waals surface area contributed by atoms with Gasteiger partial charge in [0, 0.05) is 11.9 Å². The predicted octanol–water partition coefficient (Wildman–Crippen LogP) is 4.93. The zero-order valence-electron chi connectivity index (χ0n) is 10.9. The summed E-state index contributed by atoms with van der Waals surface area (Å²) in [6, 6.07) is 6.17. The summed E-state index contributed by atoms with van der Waals surface area (Å²) < 4.78 is 0. The lowest BCUT2D eigenvalue weighted by Gasteiger charge is -2.01. The zero-order chi connectivity index (χ0) is 12.2. The van der Waals surface area contributed by atoms with Crippen molar-refractivity contribution in [2.45, 2.75) is 57.8 Å². The fraction of sp³-hybridized carbons (Fsp3) is 0.562. The maximum Gasteiger partial charge on any atom is 0.0403 e. The van der Waals surface area contributed by atoms with Crippen molar-refractivity contribution in [2.24, 2.45) is 0 Å². The molecule has 0 radical (unpaired) electrons. The van der Waals surface area contributed by atoms with Crippen LogP contribution in [-0.4, -0.2) is 4.98 Å². The van der Waals surface area contributed by atoms with Gasteiger partial charge in [-0.1, -0.05) is 44.2 Å². The third-order valence-corrected chi connectivity index (χ3v) is 3.07. The number of hydrogen-bond acceptors (Lipinski definition) is 1. The van der Waals surface area contributed by atoms with E-state index in [1.807, 2.05) is 18.3 Å². The van der Waals surface area contributed by atoms with E-state index in [1.165, 1.54) is 57.1 Å². The summed E-state index contributed by atoms with van der Waals surface area (Å²) in [5.41, 5.74) is 1.23. The molecule has 0 aromatic carbocycles. The van der Waals surface area contributed by atoms with Gasteiger partial charge >= 0.3 is 0 Å². The van der Waals surface area contributed by atoms with Crippen molar-refractivity contribution in [2.75, 3.05) is 0 Å². The van der Waals surface area contributed by atoms with Crippen LogP contribution in [0, 0.1) is 0 Å². The van der Waals surface area contributed by atoms with Gasteiger partial charge in [-0.05, 0) is 37.8 Å². The largest absolute Gasteiger partial charge is 0.261 e. The van der Waals surface area contributed by atoms with Crippen molar-refractivity contribution in [3.05, 3.63) is 42.7 Å². The second kappa shape index (κ2) is 10.1. The first kappa shape index (κ1) is 14.0. The summed E-state index contributed by atoms with van der Waals surface area (Å²) >= 11 is 0. The molecule has 94 valence electrons. The summed E-state index contributed by atoms with van der Waals surface area (Å²) in [6.45, 7) is 3.74. The Bertz CT molecular complexity index is 279. The van der Waals surface area contributed by atoms with Crippen LogP contribution in [0.25, 0.3) is 0 Å². The van der Waals surface area contributed by atoms with E-state index in [2.05, 4.69) is 23.7 Å². The minimum Gasteiger partial charge on any atom is -0.261 e. The maximum absolute atomic E-state index is 4.34. The molecule has 0 unspecified atom stereocenters. The molecule has 0 amide bonds. The Morgan fingerprint density at radius 2 is 1.65 bits per heavy atom. The van der Waals surface area contributed by atoms with Crippen molar-refractivity contribution in [1.29, 1.82) is 0 Å². The van der Waals surface area contributed by atoms with Crippen LogP contribution in [0.1, 0.15) is 57.1 Å². The molecule has 0 aliphatic heterocycles. The second-order valence-electron chi connectivity index (χ2n) is 4.62. The molecule has 0 N–H and O–H groups in total. The summed E-state index contributed by atoms with van der Waals surface area (Å²) in [5.74, 6) is 0. The Labute approximate surface area is 106 Å². The molecule has 1 heteroatoms. The van der Waals surface area contributed by atoms with E-state index in [-0.39, 0.29) is 0 Å². The van der Waals surface area contributed by atoms with E-state index in [0.717, 1.165) is 6.42 Å². The molecule has 1 aromatic heterocycles. The minimum absolute atomic E-state index is 1.14. The van der Waals surface area contributed by atoms with Gasteiger partial charge in [-0.3, -0.25) is 4.98 Å².